The molecule has 0 saturated heterocycles. The summed E-state index contributed by atoms with van der Waals surface area (Å²) in [5.74, 6) is -0.660. The highest BCUT2D eigenvalue weighted by atomic mass is 19.1. The first-order valence-corrected chi connectivity index (χ1v) is 9.07. The number of alkyl halides is 1. The number of Topliss-reactive ketones (excluding diaryl/α,β-unsaturated/α-hetero) is 1. The molecule has 0 fully saturated rings. The summed E-state index contributed by atoms with van der Waals surface area (Å²) in [6, 6.07) is 19.9. The largest absolute Gasteiger partial charge is 0.319 e. The molecule has 0 aliphatic carbocycles. The molecule has 142 valence electrons. The minimum absolute atomic E-state index is 0.205. The summed E-state index contributed by atoms with van der Waals surface area (Å²) in [7, 11) is 0. The number of fused-ring (bicyclic) bond motifs is 1. The van der Waals surface area contributed by atoms with Crippen LogP contribution in [0.3, 0.4) is 0 Å². The van der Waals surface area contributed by atoms with Gasteiger partial charge in [0.15, 0.2) is 5.78 Å². The molecule has 0 aliphatic heterocycles. The van der Waals surface area contributed by atoms with Crippen molar-refractivity contribution in [2.75, 3.05) is 0 Å². The quantitative estimate of drug-likeness (QED) is 0.607. The van der Waals surface area contributed by atoms with Gasteiger partial charge in [-0.1, -0.05) is 54.6 Å². The summed E-state index contributed by atoms with van der Waals surface area (Å²) in [5, 5.41) is 4.73. The Kier molecular flexibility index (Phi) is 5.41. The van der Waals surface area contributed by atoms with Crippen LogP contribution in [0.2, 0.25) is 0 Å². The molecule has 0 saturated carbocycles. The smallest absolute Gasteiger partial charge is 0.255 e. The van der Waals surface area contributed by atoms with Crippen molar-refractivity contribution in [2.45, 2.75) is 26.4 Å². The average Bonchev–Trinajstić information content (AvgIpc) is 2.67. The number of rotatable bonds is 5. The third-order valence-corrected chi connectivity index (χ3v) is 4.58. The second-order valence-corrected chi connectivity index (χ2v) is 7.19. The molecule has 0 atom stereocenters. The lowest BCUT2D eigenvalue weighted by atomic mass is 9.99. The zero-order valence-corrected chi connectivity index (χ0v) is 16.1. The Balaban J connectivity index is 1.90. The van der Waals surface area contributed by atoms with Crippen LogP contribution in [0.1, 0.15) is 42.3 Å². The van der Waals surface area contributed by atoms with Gasteiger partial charge in [0.2, 0.25) is 0 Å². The molecule has 0 bridgehead atoms. The van der Waals surface area contributed by atoms with E-state index >= 15 is 0 Å². The summed E-state index contributed by atoms with van der Waals surface area (Å²) in [5.41, 5.74) is 0.419. The van der Waals surface area contributed by atoms with E-state index in [4.69, 9.17) is 0 Å². The second-order valence-electron chi connectivity index (χ2n) is 7.19. The van der Waals surface area contributed by atoms with Crippen LogP contribution >= 0.6 is 0 Å². The van der Waals surface area contributed by atoms with Crippen LogP contribution in [0.5, 0.6) is 0 Å². The number of nitrogens with one attached hydrogen (secondary N) is 1. The lowest BCUT2D eigenvalue weighted by molar-refractivity contribution is -0.113. The Morgan fingerprint density at radius 3 is 2.21 bits per heavy atom. The van der Waals surface area contributed by atoms with Crippen molar-refractivity contribution in [2.24, 2.45) is 0 Å². The van der Waals surface area contributed by atoms with Gasteiger partial charge in [-0.05, 0) is 54.0 Å². The van der Waals surface area contributed by atoms with Crippen LogP contribution < -0.4 is 5.32 Å². The highest BCUT2D eigenvalue weighted by Gasteiger charge is 2.19. The number of hydrogen-bond acceptors (Lipinski definition) is 2. The number of ketones is 1. The van der Waals surface area contributed by atoms with Crippen molar-refractivity contribution >= 4 is 28.5 Å². The van der Waals surface area contributed by atoms with Crippen molar-refractivity contribution in [3.63, 3.8) is 0 Å². The Morgan fingerprint density at radius 1 is 0.929 bits per heavy atom. The molecule has 0 radical (unpaired) electrons. The summed E-state index contributed by atoms with van der Waals surface area (Å²) in [6.45, 7) is 4.33. The number of amides is 1. The number of allylic oxidation sites excluding steroid dienone is 1. The van der Waals surface area contributed by atoms with Gasteiger partial charge in [0.25, 0.3) is 5.91 Å². The fourth-order valence-corrected chi connectivity index (χ4v) is 2.97. The van der Waals surface area contributed by atoms with Crippen LogP contribution in [0.25, 0.3) is 16.8 Å². The maximum atomic E-state index is 14.0. The lowest BCUT2D eigenvalue weighted by Crippen LogP contribution is -2.26. The Labute approximate surface area is 163 Å². The van der Waals surface area contributed by atoms with E-state index in [2.05, 4.69) is 5.32 Å². The summed E-state index contributed by atoms with van der Waals surface area (Å²) in [4.78, 5) is 24.7. The van der Waals surface area contributed by atoms with Crippen LogP contribution in [0, 0.1) is 0 Å². The van der Waals surface area contributed by atoms with Gasteiger partial charge in [0, 0.05) is 12.5 Å². The molecule has 28 heavy (non-hydrogen) atoms. The number of halogens is 1. The highest BCUT2D eigenvalue weighted by molar-refractivity contribution is 6.06. The van der Waals surface area contributed by atoms with Gasteiger partial charge >= 0.3 is 0 Å². The van der Waals surface area contributed by atoms with Gasteiger partial charge in [-0.3, -0.25) is 9.59 Å². The minimum atomic E-state index is -1.48. The third kappa shape index (κ3) is 4.34. The molecular weight excluding hydrogens is 353 g/mol. The van der Waals surface area contributed by atoms with Gasteiger partial charge in [-0.15, -0.1) is 0 Å². The molecule has 1 N–H and O–H groups in total. The highest BCUT2D eigenvalue weighted by Crippen LogP contribution is 2.25. The van der Waals surface area contributed by atoms with Gasteiger partial charge in [-0.25, -0.2) is 4.39 Å². The molecule has 1 amide bonds. The van der Waals surface area contributed by atoms with E-state index in [0.29, 0.717) is 11.1 Å². The monoisotopic (exact) mass is 375 g/mol. The predicted molar refractivity (Wildman–Crippen MR) is 111 cm³/mol. The van der Waals surface area contributed by atoms with Gasteiger partial charge < -0.3 is 5.32 Å². The van der Waals surface area contributed by atoms with Crippen molar-refractivity contribution in [3.05, 3.63) is 89.1 Å². The van der Waals surface area contributed by atoms with E-state index in [9.17, 15) is 14.0 Å². The summed E-state index contributed by atoms with van der Waals surface area (Å²) >= 11 is 0. The van der Waals surface area contributed by atoms with E-state index in [1.807, 2.05) is 42.5 Å². The molecule has 3 aromatic carbocycles. The van der Waals surface area contributed by atoms with Gasteiger partial charge in [0.05, 0.1) is 5.70 Å². The van der Waals surface area contributed by atoms with Crippen molar-refractivity contribution in [1.82, 2.24) is 5.32 Å². The fourth-order valence-electron chi connectivity index (χ4n) is 2.97. The summed E-state index contributed by atoms with van der Waals surface area (Å²) < 4.78 is 14.0. The Morgan fingerprint density at radius 2 is 1.57 bits per heavy atom. The van der Waals surface area contributed by atoms with Crippen molar-refractivity contribution in [1.29, 1.82) is 0 Å². The minimum Gasteiger partial charge on any atom is -0.319 e. The average molecular weight is 375 g/mol. The fraction of sp³-hybridized carbons (Fsp3) is 0.167. The number of carbonyl (C=O) groups is 2. The van der Waals surface area contributed by atoms with Crippen LogP contribution in [-0.4, -0.2) is 11.7 Å². The van der Waals surface area contributed by atoms with E-state index in [0.717, 1.165) is 16.3 Å². The normalized spacial score (nSPS) is 12.1. The van der Waals surface area contributed by atoms with E-state index in [1.54, 1.807) is 30.3 Å². The summed E-state index contributed by atoms with van der Waals surface area (Å²) in [6.07, 6.45) is 1.68. The maximum Gasteiger partial charge on any atom is 0.255 e. The molecule has 4 heteroatoms. The van der Waals surface area contributed by atoms with Crippen LogP contribution in [-0.2, 0) is 10.5 Å². The lowest BCUT2D eigenvalue weighted by Gasteiger charge is -2.15. The van der Waals surface area contributed by atoms with E-state index in [1.165, 1.54) is 20.8 Å². The molecule has 0 aromatic heterocycles. The first-order chi connectivity index (χ1) is 13.3. The number of carbonyl (C=O) groups excluding carboxylic acids is 2. The van der Waals surface area contributed by atoms with Crippen LogP contribution in [0.15, 0.2) is 72.4 Å². The molecule has 0 heterocycles. The van der Waals surface area contributed by atoms with E-state index < -0.39 is 11.6 Å². The Hall–Kier alpha value is -3.27. The van der Waals surface area contributed by atoms with E-state index in [-0.39, 0.29) is 11.5 Å². The Bertz CT molecular complexity index is 1050. The molecule has 3 rings (SSSR count). The maximum absolute atomic E-state index is 14.0. The zero-order chi connectivity index (χ0) is 20.3. The third-order valence-electron chi connectivity index (χ3n) is 4.58. The predicted octanol–water partition coefficient (Wildman–Crippen LogP) is 5.40. The first-order valence-electron chi connectivity index (χ1n) is 9.07. The SMILES string of the molecule is CC(=O)/C(=C\c1cccc2ccccc12)NC(=O)c1ccc(C(C)(C)F)cc1. The molecular formula is C24H22FNO2. The molecule has 3 aromatic rings. The van der Waals surface area contributed by atoms with Crippen molar-refractivity contribution < 1.29 is 14.0 Å². The molecule has 0 aliphatic rings. The zero-order valence-electron chi connectivity index (χ0n) is 16.1. The number of benzene rings is 3. The topological polar surface area (TPSA) is 46.2 Å². The molecule has 0 unspecified atom stereocenters. The molecule has 0 spiro atoms. The standard InChI is InChI=1S/C24H22FNO2/c1-16(27)22(15-19-9-6-8-17-7-4-5-10-21(17)19)26-23(28)18-11-13-20(14-12-18)24(2,3)25/h4-15H,1-3H3,(H,26,28)/b22-15+. The van der Waals surface area contributed by atoms with Crippen molar-refractivity contribution in [3.8, 4) is 0 Å². The van der Waals surface area contributed by atoms with Gasteiger partial charge in [-0.2, -0.15) is 0 Å². The second kappa shape index (κ2) is 7.77. The first kappa shape index (κ1) is 19.5. The molecule has 3 nitrogen and oxygen atoms in total. The number of hydrogen-bond donors (Lipinski definition) is 1. The van der Waals surface area contributed by atoms with Gasteiger partial charge in [0.1, 0.15) is 5.67 Å². The van der Waals surface area contributed by atoms with Crippen LogP contribution in [0.4, 0.5) is 4.39 Å².